The van der Waals surface area contributed by atoms with Gasteiger partial charge >= 0.3 is 0 Å². The molecule has 4 heterocycles. The van der Waals surface area contributed by atoms with Crippen molar-refractivity contribution < 1.29 is 69.0 Å². The van der Waals surface area contributed by atoms with Gasteiger partial charge < -0.3 is 109 Å². The fourth-order valence-electron chi connectivity index (χ4n) is 7.36. The van der Waals surface area contributed by atoms with Crippen molar-refractivity contribution in [2.45, 2.75) is 135 Å². The Kier molecular flexibility index (Phi) is 15.4. The highest BCUT2D eigenvalue weighted by molar-refractivity contribution is 5.81. The predicted octanol–water partition coefficient (Wildman–Crippen LogP) is -8.49. The van der Waals surface area contributed by atoms with Crippen molar-refractivity contribution in [2.75, 3.05) is 45.9 Å². The van der Waals surface area contributed by atoms with Gasteiger partial charge in [-0.3, -0.25) is 4.79 Å². The molecule has 20 N–H and O–H groups in total. The van der Waals surface area contributed by atoms with Gasteiger partial charge in [0.05, 0.1) is 36.9 Å². The Hall–Kier alpha value is -1.75. The summed E-state index contributed by atoms with van der Waals surface area (Å²) in [5.41, 5.74) is 29.3. The molecule has 1 amide bonds. The number of piperidine rings is 1. The van der Waals surface area contributed by atoms with Crippen LogP contribution in [0.1, 0.15) is 25.7 Å². The molecule has 17 atom stereocenters. The molecule has 5 aliphatic rings. The molecule has 0 spiro atoms. The van der Waals surface area contributed by atoms with E-state index in [4.69, 9.17) is 57.1 Å². The van der Waals surface area contributed by atoms with E-state index in [1.807, 2.05) is 0 Å². The molecule has 4 fully saturated rings. The van der Waals surface area contributed by atoms with E-state index in [1.165, 1.54) is 0 Å². The molecule has 1 saturated carbocycles. The Morgan fingerprint density at radius 1 is 0.907 bits per heavy atom. The maximum atomic E-state index is 12.6. The second-order valence-electron chi connectivity index (χ2n) is 14.7. The number of carbonyl (C=O) groups is 1. The van der Waals surface area contributed by atoms with Gasteiger partial charge in [0, 0.05) is 25.7 Å². The summed E-state index contributed by atoms with van der Waals surface area (Å²) in [6, 6.07) is -4.00. The molecule has 312 valence electrons. The first-order valence-electron chi connectivity index (χ1n) is 18.5. The van der Waals surface area contributed by atoms with Crippen molar-refractivity contribution in [3.8, 4) is 0 Å². The fraction of sp³-hybridized carbons (Fsp3) is 0.906. The summed E-state index contributed by atoms with van der Waals surface area (Å²) in [7, 11) is 0. The lowest BCUT2D eigenvalue weighted by Crippen LogP contribution is -2.67. The monoisotopic (exact) mass is 780 g/mol. The van der Waals surface area contributed by atoms with E-state index in [2.05, 4.69) is 16.0 Å². The van der Waals surface area contributed by atoms with Gasteiger partial charge in [-0.15, -0.1) is 0 Å². The number of aliphatic hydroxyl groups is 7. The summed E-state index contributed by atoms with van der Waals surface area (Å²) in [5, 5.41) is 83.7. The Morgan fingerprint density at radius 2 is 1.57 bits per heavy atom. The number of carbonyl (C=O) groups excluding carboxylic acids is 1. The number of nitrogens with two attached hydrogens (primary N) is 5. The average Bonchev–Trinajstić information content (AvgIpc) is 3.45. The van der Waals surface area contributed by atoms with Gasteiger partial charge in [0.1, 0.15) is 66.8 Å². The number of rotatable bonds is 15. The van der Waals surface area contributed by atoms with Crippen LogP contribution in [-0.4, -0.2) is 197 Å². The Morgan fingerprint density at radius 3 is 2.24 bits per heavy atom. The molecule has 5 rings (SSSR count). The topological polar surface area (TPSA) is 380 Å². The van der Waals surface area contributed by atoms with Gasteiger partial charge in [-0.2, -0.15) is 0 Å². The summed E-state index contributed by atoms with van der Waals surface area (Å²) < 4.78 is 36.0. The van der Waals surface area contributed by atoms with Crippen molar-refractivity contribution in [1.29, 1.82) is 0 Å². The molecule has 0 bridgehead atoms. The Balaban J connectivity index is 1.30. The SMILES string of the molecule is NCC(O)C(=O)N[C@@H]1C[C@H](N)[C@@H](O[C@H]2OC(CNCC3(O)CCNCC3)=CC[C@H]2N)[C@H](O[C@@H]2O[C@H](CO)[C@@H](O[C@H]3O[C@@H](CN)[C@@H](O)[C@H](O)[C@H]3N)[C@H]2O)[C@H]1O. The first-order chi connectivity index (χ1) is 25.7. The van der Waals surface area contributed by atoms with Gasteiger partial charge in [0.15, 0.2) is 12.6 Å². The van der Waals surface area contributed by atoms with Gasteiger partial charge in [0.2, 0.25) is 12.2 Å². The standard InChI is InChI=1S/C32H60N8O14/c33-8-17(42)28(47)40-16-7-15(36)25(52-29-14(35)2-1-13(49-29)10-39-12-32(48)3-5-38-6-4-32)27(21(16)43)54-31-24(46)26(19(11-41)51-31)53-30-20(37)23(45)22(44)18(9-34)50-30/h1,14-27,29-31,38-39,41-46,48H,2-12,33-37H2,(H,40,47)/t14-,15+,16-,17?,18+,19-,20-,21+,22-,23-,24-,25-,26-,27-,29-,30-,31+/m1/s1. The summed E-state index contributed by atoms with van der Waals surface area (Å²) in [6.45, 7) is 0.776. The summed E-state index contributed by atoms with van der Waals surface area (Å²) in [4.78, 5) is 12.6. The molecule has 22 heteroatoms. The Labute approximate surface area is 312 Å². The average molecular weight is 781 g/mol. The van der Waals surface area contributed by atoms with Crippen LogP contribution in [0.5, 0.6) is 0 Å². The van der Waals surface area contributed by atoms with Crippen molar-refractivity contribution >= 4 is 5.91 Å². The minimum atomic E-state index is -1.67. The van der Waals surface area contributed by atoms with E-state index in [0.29, 0.717) is 44.7 Å². The number of aliphatic hydroxyl groups excluding tert-OH is 6. The molecule has 1 aliphatic carbocycles. The van der Waals surface area contributed by atoms with Crippen molar-refractivity contribution in [3.05, 3.63) is 11.8 Å². The summed E-state index contributed by atoms with van der Waals surface area (Å²) >= 11 is 0. The minimum Gasteiger partial charge on any atom is -0.467 e. The number of hydrogen-bond acceptors (Lipinski definition) is 21. The summed E-state index contributed by atoms with van der Waals surface area (Å²) in [6.07, 6.45) is -14.8. The zero-order chi connectivity index (χ0) is 39.3. The molecule has 0 aromatic rings. The molecule has 22 nitrogen and oxygen atoms in total. The third kappa shape index (κ3) is 10.0. The van der Waals surface area contributed by atoms with E-state index in [9.17, 15) is 40.5 Å². The van der Waals surface area contributed by atoms with Crippen LogP contribution in [0.25, 0.3) is 0 Å². The van der Waals surface area contributed by atoms with E-state index in [0.717, 1.165) is 0 Å². The highest BCUT2D eigenvalue weighted by Gasteiger charge is 2.54. The quantitative estimate of drug-likeness (QED) is 0.0733. The van der Waals surface area contributed by atoms with Crippen LogP contribution in [0.2, 0.25) is 0 Å². The van der Waals surface area contributed by atoms with Crippen LogP contribution in [0.3, 0.4) is 0 Å². The lowest BCUT2D eigenvalue weighted by Gasteiger charge is -2.46. The minimum absolute atomic E-state index is 0.0547. The number of amides is 1. The van der Waals surface area contributed by atoms with Crippen LogP contribution in [-0.2, 0) is 33.2 Å². The second-order valence-corrected chi connectivity index (χ2v) is 14.7. The molecular weight excluding hydrogens is 720 g/mol. The van der Waals surface area contributed by atoms with E-state index >= 15 is 0 Å². The van der Waals surface area contributed by atoms with Crippen LogP contribution >= 0.6 is 0 Å². The van der Waals surface area contributed by atoms with Gasteiger partial charge in [-0.05, 0) is 44.8 Å². The van der Waals surface area contributed by atoms with Gasteiger partial charge in [-0.1, -0.05) is 0 Å². The van der Waals surface area contributed by atoms with Gasteiger partial charge in [0.25, 0.3) is 0 Å². The van der Waals surface area contributed by atoms with Crippen molar-refractivity contribution in [1.82, 2.24) is 16.0 Å². The zero-order valence-corrected chi connectivity index (χ0v) is 30.0. The molecule has 0 aromatic heterocycles. The molecule has 54 heavy (non-hydrogen) atoms. The fourth-order valence-corrected chi connectivity index (χ4v) is 7.36. The third-order valence-electron chi connectivity index (χ3n) is 10.7. The predicted molar refractivity (Wildman–Crippen MR) is 185 cm³/mol. The largest absolute Gasteiger partial charge is 0.467 e. The lowest BCUT2D eigenvalue weighted by atomic mass is 9.83. The molecular formula is C32H60N8O14. The van der Waals surface area contributed by atoms with Crippen LogP contribution in [0.15, 0.2) is 11.8 Å². The second kappa shape index (κ2) is 19.1. The highest BCUT2D eigenvalue weighted by Crippen LogP contribution is 2.34. The number of ether oxygens (including phenoxy) is 6. The van der Waals surface area contributed by atoms with Crippen LogP contribution in [0.4, 0.5) is 0 Å². The number of hydrogen-bond donors (Lipinski definition) is 15. The smallest absolute Gasteiger partial charge is 0.250 e. The lowest BCUT2D eigenvalue weighted by molar-refractivity contribution is -0.282. The molecule has 4 aliphatic heterocycles. The molecule has 0 radical (unpaired) electrons. The first kappa shape index (κ1) is 43.4. The van der Waals surface area contributed by atoms with Gasteiger partial charge in [-0.25, -0.2) is 0 Å². The highest BCUT2D eigenvalue weighted by atomic mass is 16.8. The van der Waals surface area contributed by atoms with Crippen molar-refractivity contribution in [2.24, 2.45) is 28.7 Å². The third-order valence-corrected chi connectivity index (χ3v) is 10.7. The Bertz CT molecular complexity index is 1240. The molecule has 3 saturated heterocycles. The van der Waals surface area contributed by atoms with Crippen molar-refractivity contribution in [3.63, 3.8) is 0 Å². The van der Waals surface area contributed by atoms with Crippen LogP contribution in [0, 0.1) is 0 Å². The summed E-state index contributed by atoms with van der Waals surface area (Å²) in [5.74, 6) is -0.362. The maximum Gasteiger partial charge on any atom is 0.250 e. The van der Waals surface area contributed by atoms with E-state index in [1.54, 1.807) is 6.08 Å². The normalized spacial score (nSPS) is 43.2. The molecule has 0 aromatic carbocycles. The molecule has 1 unspecified atom stereocenters. The van der Waals surface area contributed by atoms with E-state index < -0.39 is 122 Å². The zero-order valence-electron chi connectivity index (χ0n) is 30.0. The van der Waals surface area contributed by atoms with Crippen LogP contribution < -0.4 is 44.6 Å². The first-order valence-corrected chi connectivity index (χ1v) is 18.5. The van der Waals surface area contributed by atoms with E-state index in [-0.39, 0.29) is 26.1 Å². The number of nitrogens with one attached hydrogen (secondary N) is 3. The maximum absolute atomic E-state index is 12.6.